The van der Waals surface area contributed by atoms with Crippen LogP contribution in [0.25, 0.3) is 0 Å². The van der Waals surface area contributed by atoms with Crippen molar-refractivity contribution in [3.8, 4) is 0 Å². The highest BCUT2D eigenvalue weighted by Gasteiger charge is 2.44. The Morgan fingerprint density at radius 2 is 2.09 bits per heavy atom. The number of hydrogen-bond donors (Lipinski definition) is 1. The number of methoxy groups -OCH3 is 1. The average molecular weight is 304 g/mol. The number of hydrogen-bond acceptors (Lipinski definition) is 3. The largest absolute Gasteiger partial charge is 0.382 e. The Bertz CT molecular complexity index is 559. The maximum absolute atomic E-state index is 12.8. The number of nitrogens with zero attached hydrogens (tertiary/aromatic N) is 1. The highest BCUT2D eigenvalue weighted by Crippen LogP contribution is 2.33. The monoisotopic (exact) mass is 304 g/mol. The smallest absolute Gasteiger partial charge is 0.227 e. The van der Waals surface area contributed by atoms with Crippen LogP contribution in [0, 0.1) is 6.92 Å². The second-order valence-corrected chi connectivity index (χ2v) is 6.05. The number of aryl methyl sites for hydroxylation is 1. The average Bonchev–Trinajstić information content (AvgIpc) is 2.84. The van der Waals surface area contributed by atoms with E-state index in [2.05, 4.69) is 0 Å². The molecule has 0 saturated carbocycles. The zero-order chi connectivity index (χ0) is 16.2. The van der Waals surface area contributed by atoms with Gasteiger partial charge in [0.2, 0.25) is 11.8 Å². The summed E-state index contributed by atoms with van der Waals surface area (Å²) in [6, 6.07) is 7.86. The Morgan fingerprint density at radius 3 is 2.73 bits per heavy atom. The summed E-state index contributed by atoms with van der Waals surface area (Å²) in [6.45, 7) is 3.00. The van der Waals surface area contributed by atoms with E-state index in [-0.39, 0.29) is 12.3 Å². The van der Waals surface area contributed by atoms with Gasteiger partial charge in [0.1, 0.15) is 0 Å². The van der Waals surface area contributed by atoms with Gasteiger partial charge in [-0.3, -0.25) is 9.59 Å². The summed E-state index contributed by atoms with van der Waals surface area (Å²) < 4.78 is 5.28. The lowest BCUT2D eigenvalue weighted by Gasteiger charge is -2.37. The first kappa shape index (κ1) is 16.5. The quantitative estimate of drug-likeness (QED) is 0.864. The molecule has 5 nitrogen and oxygen atoms in total. The molecule has 0 radical (unpaired) electrons. The van der Waals surface area contributed by atoms with Crippen LogP contribution >= 0.6 is 0 Å². The molecule has 1 heterocycles. The standard InChI is InChI=1S/C17H24N2O3/c1-13-6-3-4-7-14(13)10-16(21)19-9-5-8-17(19,12-22-2)11-15(18)20/h3-4,6-7H,5,8-12H2,1-2H3,(H2,18,20)/t17-/m0/s1. The van der Waals surface area contributed by atoms with Crippen molar-refractivity contribution in [1.29, 1.82) is 0 Å². The van der Waals surface area contributed by atoms with Crippen molar-refractivity contribution >= 4 is 11.8 Å². The van der Waals surface area contributed by atoms with Crippen LogP contribution in [0.3, 0.4) is 0 Å². The number of nitrogens with two attached hydrogens (primary N) is 1. The molecular formula is C17H24N2O3. The summed E-state index contributed by atoms with van der Waals surface area (Å²) in [7, 11) is 1.59. The highest BCUT2D eigenvalue weighted by atomic mass is 16.5. The van der Waals surface area contributed by atoms with Crippen LogP contribution in [0.2, 0.25) is 0 Å². The van der Waals surface area contributed by atoms with E-state index in [0.29, 0.717) is 19.6 Å². The van der Waals surface area contributed by atoms with Crippen molar-refractivity contribution in [3.63, 3.8) is 0 Å². The van der Waals surface area contributed by atoms with Gasteiger partial charge in [-0.25, -0.2) is 0 Å². The topological polar surface area (TPSA) is 72.6 Å². The van der Waals surface area contributed by atoms with Crippen LogP contribution < -0.4 is 5.73 Å². The minimum Gasteiger partial charge on any atom is -0.382 e. The Hall–Kier alpha value is -1.88. The molecule has 22 heavy (non-hydrogen) atoms. The lowest BCUT2D eigenvalue weighted by molar-refractivity contribution is -0.138. The van der Waals surface area contributed by atoms with E-state index in [1.807, 2.05) is 31.2 Å². The predicted octanol–water partition coefficient (Wildman–Crippen LogP) is 1.42. The van der Waals surface area contributed by atoms with Crippen LogP contribution in [0.5, 0.6) is 0 Å². The molecule has 1 aliphatic heterocycles. The molecule has 1 aromatic rings. The van der Waals surface area contributed by atoms with Gasteiger partial charge in [-0.05, 0) is 30.9 Å². The maximum Gasteiger partial charge on any atom is 0.227 e. The summed E-state index contributed by atoms with van der Waals surface area (Å²) in [5.41, 5.74) is 6.93. The van der Waals surface area contributed by atoms with Crippen LogP contribution in [-0.4, -0.2) is 42.5 Å². The van der Waals surface area contributed by atoms with Crippen molar-refractivity contribution in [2.75, 3.05) is 20.3 Å². The van der Waals surface area contributed by atoms with Crippen molar-refractivity contribution in [1.82, 2.24) is 4.90 Å². The van der Waals surface area contributed by atoms with E-state index < -0.39 is 11.4 Å². The van der Waals surface area contributed by atoms with Crippen molar-refractivity contribution in [2.45, 2.75) is 38.1 Å². The fourth-order valence-electron chi connectivity index (χ4n) is 3.37. The highest BCUT2D eigenvalue weighted by molar-refractivity contribution is 5.82. The first-order valence-electron chi connectivity index (χ1n) is 7.61. The Labute approximate surface area is 131 Å². The molecule has 1 saturated heterocycles. The van der Waals surface area contributed by atoms with Crippen molar-refractivity contribution in [2.24, 2.45) is 5.73 Å². The SMILES string of the molecule is COC[C@@]1(CC(N)=O)CCCN1C(=O)Cc1ccccc1C. The van der Waals surface area contributed by atoms with E-state index in [0.717, 1.165) is 24.0 Å². The first-order chi connectivity index (χ1) is 10.5. The Balaban J connectivity index is 2.19. The first-order valence-corrected chi connectivity index (χ1v) is 7.61. The molecule has 2 N–H and O–H groups in total. The van der Waals surface area contributed by atoms with Gasteiger partial charge in [-0.15, -0.1) is 0 Å². The van der Waals surface area contributed by atoms with Crippen LogP contribution in [0.1, 0.15) is 30.4 Å². The van der Waals surface area contributed by atoms with E-state index in [9.17, 15) is 9.59 Å². The molecule has 1 atom stereocenters. The van der Waals surface area contributed by atoms with Gasteiger partial charge < -0.3 is 15.4 Å². The molecule has 0 unspecified atom stereocenters. The van der Waals surface area contributed by atoms with Crippen LogP contribution in [0.4, 0.5) is 0 Å². The molecule has 0 aliphatic carbocycles. The lowest BCUT2D eigenvalue weighted by Crippen LogP contribution is -2.53. The van der Waals surface area contributed by atoms with Gasteiger partial charge in [0.25, 0.3) is 0 Å². The second kappa shape index (κ2) is 6.92. The minimum absolute atomic E-state index is 0.0325. The second-order valence-electron chi connectivity index (χ2n) is 6.05. The van der Waals surface area contributed by atoms with Gasteiger partial charge in [-0.1, -0.05) is 24.3 Å². The maximum atomic E-state index is 12.8. The zero-order valence-corrected chi connectivity index (χ0v) is 13.3. The van der Waals surface area contributed by atoms with Gasteiger partial charge in [0.05, 0.1) is 25.0 Å². The Morgan fingerprint density at radius 1 is 1.36 bits per heavy atom. The molecule has 1 aliphatic rings. The van der Waals surface area contributed by atoms with Gasteiger partial charge in [0.15, 0.2) is 0 Å². The fraction of sp³-hybridized carbons (Fsp3) is 0.529. The molecule has 0 spiro atoms. The number of benzene rings is 1. The number of primary amides is 1. The van der Waals surface area contributed by atoms with Crippen LogP contribution in [0.15, 0.2) is 24.3 Å². The molecule has 0 aromatic heterocycles. The number of carbonyl (C=O) groups is 2. The summed E-state index contributed by atoms with van der Waals surface area (Å²) in [5.74, 6) is -0.363. The molecule has 120 valence electrons. The summed E-state index contributed by atoms with van der Waals surface area (Å²) in [6.07, 6.45) is 2.12. The number of carbonyl (C=O) groups excluding carboxylic acids is 2. The normalized spacial score (nSPS) is 21.1. The molecule has 2 rings (SSSR count). The molecule has 0 bridgehead atoms. The number of amides is 2. The third kappa shape index (κ3) is 3.47. The lowest BCUT2D eigenvalue weighted by atomic mass is 9.91. The third-order valence-electron chi connectivity index (χ3n) is 4.42. The molecule has 5 heteroatoms. The molecule has 2 amide bonds. The van der Waals surface area contributed by atoms with Gasteiger partial charge in [0, 0.05) is 13.7 Å². The number of ether oxygens (including phenoxy) is 1. The van der Waals surface area contributed by atoms with Gasteiger partial charge >= 0.3 is 0 Å². The summed E-state index contributed by atoms with van der Waals surface area (Å²) in [4.78, 5) is 26.0. The third-order valence-corrected chi connectivity index (χ3v) is 4.42. The van der Waals surface area contributed by atoms with E-state index in [1.165, 1.54) is 0 Å². The summed E-state index contributed by atoms with van der Waals surface area (Å²) >= 11 is 0. The van der Waals surface area contributed by atoms with Crippen LogP contribution in [-0.2, 0) is 20.7 Å². The number of rotatable bonds is 6. The van der Waals surface area contributed by atoms with E-state index in [1.54, 1.807) is 12.0 Å². The van der Waals surface area contributed by atoms with E-state index in [4.69, 9.17) is 10.5 Å². The fourth-order valence-corrected chi connectivity index (χ4v) is 3.37. The molecular weight excluding hydrogens is 280 g/mol. The van der Waals surface area contributed by atoms with Crippen molar-refractivity contribution in [3.05, 3.63) is 35.4 Å². The summed E-state index contributed by atoms with van der Waals surface area (Å²) in [5, 5.41) is 0. The Kier molecular flexibility index (Phi) is 5.19. The van der Waals surface area contributed by atoms with Crippen molar-refractivity contribution < 1.29 is 14.3 Å². The minimum atomic E-state index is -0.583. The molecule has 1 aromatic carbocycles. The van der Waals surface area contributed by atoms with Gasteiger partial charge in [-0.2, -0.15) is 0 Å². The molecule has 1 fully saturated rings. The van der Waals surface area contributed by atoms with E-state index >= 15 is 0 Å². The zero-order valence-electron chi connectivity index (χ0n) is 13.3. The number of likely N-dealkylation sites (tertiary alicyclic amines) is 1. The predicted molar refractivity (Wildman–Crippen MR) is 84.2 cm³/mol.